The minimum Gasteiger partial charge on any atom is -0.377 e. The number of carbonyl (C=O) groups excluding carboxylic acids is 2. The summed E-state index contributed by atoms with van der Waals surface area (Å²) < 4.78 is 5.61. The first-order valence-electron chi connectivity index (χ1n) is 8.90. The van der Waals surface area contributed by atoms with Crippen LogP contribution in [0.3, 0.4) is 0 Å². The normalized spacial score (nSPS) is 27.8. The smallest absolute Gasteiger partial charge is 0.340 e. The Hall–Kier alpha value is -2.68. The number of benzene rings is 1. The first kappa shape index (κ1) is 16.8. The van der Waals surface area contributed by atoms with E-state index >= 15 is 0 Å². The molecule has 0 spiro atoms. The first-order valence-corrected chi connectivity index (χ1v) is 8.90. The van der Waals surface area contributed by atoms with E-state index in [9.17, 15) is 9.59 Å². The first-order chi connectivity index (χ1) is 12.7. The van der Waals surface area contributed by atoms with Crippen LogP contribution < -0.4 is 10.9 Å². The van der Waals surface area contributed by atoms with Crippen molar-refractivity contribution in [1.29, 1.82) is 0 Å². The van der Waals surface area contributed by atoms with E-state index in [4.69, 9.17) is 4.74 Å². The molecule has 0 bridgehead atoms. The molecule has 3 aliphatic rings. The summed E-state index contributed by atoms with van der Waals surface area (Å²) in [5.41, 5.74) is 3.65. The number of hydrazine groups is 1. The van der Waals surface area contributed by atoms with Gasteiger partial charge in [-0.15, -0.1) is 5.11 Å². The van der Waals surface area contributed by atoms with Crippen molar-refractivity contribution in [2.75, 3.05) is 19.8 Å². The highest BCUT2D eigenvalue weighted by Gasteiger charge is 2.38. The zero-order valence-corrected chi connectivity index (χ0v) is 14.4. The number of rotatable bonds is 3. The highest BCUT2D eigenvalue weighted by molar-refractivity contribution is 5.87. The van der Waals surface area contributed by atoms with E-state index in [1.807, 2.05) is 35.2 Å². The van der Waals surface area contributed by atoms with Crippen LogP contribution in [0, 0.1) is 0 Å². The van der Waals surface area contributed by atoms with Crippen LogP contribution in [-0.4, -0.2) is 59.9 Å². The summed E-state index contributed by atoms with van der Waals surface area (Å²) in [7, 11) is 0. The van der Waals surface area contributed by atoms with E-state index < -0.39 is 18.2 Å². The fourth-order valence-corrected chi connectivity index (χ4v) is 3.61. The molecular weight excluding hydrogens is 336 g/mol. The number of nitrogens with zero attached hydrogens (tertiary/aromatic N) is 4. The SMILES string of the molecule is O=C(N[C@H]1COC[C@@H]2CCCN2C1=O)N1NN=NC1Cc1ccccc1. The lowest BCUT2D eigenvalue weighted by Crippen LogP contribution is -2.56. The molecule has 3 atom stereocenters. The topological polar surface area (TPSA) is 98.6 Å². The molecule has 1 aromatic rings. The van der Waals surface area contributed by atoms with Crippen LogP contribution in [0.4, 0.5) is 4.79 Å². The number of hydrogen-bond donors (Lipinski definition) is 2. The van der Waals surface area contributed by atoms with Crippen molar-refractivity contribution < 1.29 is 14.3 Å². The summed E-state index contributed by atoms with van der Waals surface area (Å²) in [5.74, 6) is -0.0777. The van der Waals surface area contributed by atoms with Crippen LogP contribution >= 0.6 is 0 Å². The Morgan fingerprint density at radius 3 is 3.00 bits per heavy atom. The molecular formula is C17H22N6O3. The van der Waals surface area contributed by atoms with Crippen molar-refractivity contribution in [1.82, 2.24) is 20.8 Å². The molecule has 3 aliphatic heterocycles. The van der Waals surface area contributed by atoms with Gasteiger partial charge in [0.1, 0.15) is 6.04 Å². The van der Waals surface area contributed by atoms with Gasteiger partial charge >= 0.3 is 6.03 Å². The van der Waals surface area contributed by atoms with Gasteiger partial charge < -0.3 is 15.0 Å². The maximum atomic E-state index is 12.7. The third-order valence-electron chi connectivity index (χ3n) is 4.97. The maximum absolute atomic E-state index is 12.7. The van der Waals surface area contributed by atoms with Crippen LogP contribution in [0.2, 0.25) is 0 Å². The van der Waals surface area contributed by atoms with Crippen LogP contribution in [-0.2, 0) is 16.0 Å². The van der Waals surface area contributed by atoms with E-state index in [1.165, 1.54) is 5.01 Å². The van der Waals surface area contributed by atoms with Gasteiger partial charge in [-0.1, -0.05) is 35.6 Å². The largest absolute Gasteiger partial charge is 0.377 e. The monoisotopic (exact) mass is 358 g/mol. The third-order valence-corrected chi connectivity index (χ3v) is 4.97. The summed E-state index contributed by atoms with van der Waals surface area (Å²) >= 11 is 0. The molecule has 26 heavy (non-hydrogen) atoms. The lowest BCUT2D eigenvalue weighted by atomic mass is 10.1. The van der Waals surface area contributed by atoms with Crippen molar-refractivity contribution >= 4 is 11.9 Å². The molecule has 0 aromatic heterocycles. The Kier molecular flexibility index (Phi) is 4.70. The molecule has 3 amide bonds. The third kappa shape index (κ3) is 3.34. The van der Waals surface area contributed by atoms with Crippen molar-refractivity contribution in [2.45, 2.75) is 37.5 Å². The van der Waals surface area contributed by atoms with Gasteiger partial charge in [0.15, 0.2) is 6.17 Å². The molecule has 0 radical (unpaired) electrons. The molecule has 0 saturated carbocycles. The summed E-state index contributed by atoms with van der Waals surface area (Å²) in [6.07, 6.45) is 2.01. The molecule has 3 heterocycles. The molecule has 138 valence electrons. The lowest BCUT2D eigenvalue weighted by molar-refractivity contribution is -0.133. The molecule has 2 saturated heterocycles. The van der Waals surface area contributed by atoms with Crippen LogP contribution in [0.1, 0.15) is 18.4 Å². The van der Waals surface area contributed by atoms with Crippen molar-refractivity contribution in [2.24, 2.45) is 10.3 Å². The van der Waals surface area contributed by atoms with E-state index in [-0.39, 0.29) is 18.6 Å². The van der Waals surface area contributed by atoms with Crippen LogP contribution in [0.25, 0.3) is 0 Å². The fraction of sp³-hybridized carbons (Fsp3) is 0.529. The summed E-state index contributed by atoms with van der Waals surface area (Å²) in [4.78, 5) is 27.2. The molecule has 0 aliphatic carbocycles. The van der Waals surface area contributed by atoms with E-state index in [2.05, 4.69) is 21.2 Å². The second kappa shape index (κ2) is 7.28. The predicted molar refractivity (Wildman–Crippen MR) is 91.6 cm³/mol. The zero-order chi connectivity index (χ0) is 17.9. The second-order valence-corrected chi connectivity index (χ2v) is 6.72. The molecule has 2 fully saturated rings. The number of hydrogen-bond acceptors (Lipinski definition) is 6. The second-order valence-electron chi connectivity index (χ2n) is 6.72. The highest BCUT2D eigenvalue weighted by Crippen LogP contribution is 2.21. The molecule has 9 heteroatoms. The minimum atomic E-state index is -0.689. The van der Waals surface area contributed by atoms with Crippen molar-refractivity contribution in [3.05, 3.63) is 35.9 Å². The number of carbonyl (C=O) groups is 2. The van der Waals surface area contributed by atoms with Gasteiger partial charge in [-0.05, 0) is 18.4 Å². The molecule has 4 rings (SSSR count). The van der Waals surface area contributed by atoms with Gasteiger partial charge in [0.2, 0.25) is 5.91 Å². The number of urea groups is 1. The Morgan fingerprint density at radius 2 is 2.15 bits per heavy atom. The number of ether oxygens (including phenoxy) is 1. The lowest BCUT2D eigenvalue weighted by Gasteiger charge is -2.26. The number of fused-ring (bicyclic) bond motifs is 1. The van der Waals surface area contributed by atoms with E-state index in [0.717, 1.165) is 24.9 Å². The Morgan fingerprint density at radius 1 is 1.31 bits per heavy atom. The van der Waals surface area contributed by atoms with Crippen LogP contribution in [0.15, 0.2) is 40.7 Å². The molecule has 1 aromatic carbocycles. The van der Waals surface area contributed by atoms with Gasteiger partial charge in [-0.3, -0.25) is 4.79 Å². The summed E-state index contributed by atoms with van der Waals surface area (Å²) in [6.45, 7) is 1.44. The minimum absolute atomic E-state index is 0.0777. The van der Waals surface area contributed by atoms with Crippen molar-refractivity contribution in [3.8, 4) is 0 Å². The van der Waals surface area contributed by atoms with Gasteiger partial charge in [0, 0.05) is 13.0 Å². The van der Waals surface area contributed by atoms with Crippen molar-refractivity contribution in [3.63, 3.8) is 0 Å². The highest BCUT2D eigenvalue weighted by atomic mass is 16.5. The quantitative estimate of drug-likeness (QED) is 0.836. The standard InChI is InChI=1S/C17H22N6O3/c24-16-14(11-26-10-13-7-4-8-22(13)16)18-17(25)23-15(19-20-21-23)9-12-5-2-1-3-6-12/h1-3,5-6,13-15H,4,7-11H2,(H,18,25)(H,19,21)/t13-,14-,15?/m0/s1. The van der Waals surface area contributed by atoms with Gasteiger partial charge in [-0.25, -0.2) is 4.79 Å². The van der Waals surface area contributed by atoms with E-state index in [1.54, 1.807) is 0 Å². The Labute approximate surface area is 151 Å². The van der Waals surface area contributed by atoms with Crippen LogP contribution in [0.5, 0.6) is 0 Å². The Bertz CT molecular complexity index is 697. The maximum Gasteiger partial charge on any atom is 0.340 e. The van der Waals surface area contributed by atoms with E-state index in [0.29, 0.717) is 13.0 Å². The molecule has 1 unspecified atom stereocenters. The zero-order valence-electron chi connectivity index (χ0n) is 14.4. The molecule has 9 nitrogen and oxygen atoms in total. The summed E-state index contributed by atoms with van der Waals surface area (Å²) in [6, 6.07) is 8.76. The summed E-state index contributed by atoms with van der Waals surface area (Å²) in [5, 5.41) is 11.9. The number of amides is 3. The van der Waals surface area contributed by atoms with Gasteiger partial charge in [0.05, 0.1) is 19.3 Å². The van der Waals surface area contributed by atoms with Gasteiger partial charge in [0.25, 0.3) is 0 Å². The Balaban J connectivity index is 1.40. The fourth-order valence-electron chi connectivity index (χ4n) is 3.61. The predicted octanol–water partition coefficient (Wildman–Crippen LogP) is 0.842. The average Bonchev–Trinajstić information content (AvgIpc) is 3.28. The number of nitrogens with one attached hydrogen (secondary N) is 2. The molecule has 2 N–H and O–H groups in total. The average molecular weight is 358 g/mol. The van der Waals surface area contributed by atoms with Gasteiger partial charge in [-0.2, -0.15) is 10.5 Å².